The average molecular weight is 348 g/mol. The number of morpholine rings is 1. The molecule has 136 valence electrons. The van der Waals surface area contributed by atoms with Gasteiger partial charge in [0, 0.05) is 37.5 Å². The van der Waals surface area contributed by atoms with E-state index in [9.17, 15) is 14.0 Å². The van der Waals surface area contributed by atoms with Crippen LogP contribution in [-0.4, -0.2) is 55.0 Å². The molecule has 2 atom stereocenters. The first kappa shape index (κ1) is 18.0. The van der Waals surface area contributed by atoms with Crippen LogP contribution < -0.4 is 5.32 Å². The van der Waals surface area contributed by atoms with Crippen molar-refractivity contribution in [2.45, 2.75) is 44.2 Å². The summed E-state index contributed by atoms with van der Waals surface area (Å²) in [6.07, 6.45) is 3.58. The number of ketones is 1. The molecule has 6 heteroatoms. The summed E-state index contributed by atoms with van der Waals surface area (Å²) in [6, 6.07) is 6.06. The normalized spacial score (nSPS) is 23.2. The summed E-state index contributed by atoms with van der Waals surface area (Å²) < 4.78 is 18.7. The molecule has 5 nitrogen and oxygen atoms in total. The monoisotopic (exact) mass is 348 g/mol. The number of Topliss-reactive ketones (excluding diaryl/α,β-unsaturated/α-hetero) is 1. The lowest BCUT2D eigenvalue weighted by Gasteiger charge is -2.35. The maximum atomic E-state index is 12.8. The zero-order valence-electron chi connectivity index (χ0n) is 14.4. The van der Waals surface area contributed by atoms with Crippen molar-refractivity contribution in [3.05, 3.63) is 35.6 Å². The van der Waals surface area contributed by atoms with Gasteiger partial charge in [-0.2, -0.15) is 0 Å². The number of hydrogen-bond acceptors (Lipinski definition) is 4. The van der Waals surface area contributed by atoms with Crippen molar-refractivity contribution >= 4 is 11.7 Å². The van der Waals surface area contributed by atoms with Gasteiger partial charge in [0.2, 0.25) is 5.91 Å². The topological polar surface area (TPSA) is 58.6 Å². The van der Waals surface area contributed by atoms with Crippen LogP contribution >= 0.6 is 0 Å². The molecule has 25 heavy (non-hydrogen) atoms. The van der Waals surface area contributed by atoms with E-state index in [4.69, 9.17) is 4.74 Å². The smallest absolute Gasteiger partial charge is 0.220 e. The van der Waals surface area contributed by atoms with E-state index in [0.29, 0.717) is 31.0 Å². The first-order chi connectivity index (χ1) is 12.1. The number of carbonyl (C=O) groups excluding carboxylic acids is 2. The van der Waals surface area contributed by atoms with E-state index < -0.39 is 0 Å². The largest absolute Gasteiger partial charge is 0.373 e. The second kappa shape index (κ2) is 8.54. The molecule has 0 aliphatic carbocycles. The second-order valence-corrected chi connectivity index (χ2v) is 6.83. The highest BCUT2D eigenvalue weighted by atomic mass is 19.1. The maximum Gasteiger partial charge on any atom is 0.220 e. The highest BCUT2D eigenvalue weighted by Gasteiger charge is 2.32. The fraction of sp³-hybridized carbons (Fsp3) is 0.579. The minimum absolute atomic E-state index is 0.0548. The Morgan fingerprint density at radius 2 is 2.04 bits per heavy atom. The molecular formula is C19H25FN2O3. The van der Waals surface area contributed by atoms with E-state index in [1.54, 1.807) is 0 Å². The number of nitrogens with zero attached hydrogens (tertiary/aromatic N) is 1. The van der Waals surface area contributed by atoms with Crippen LogP contribution in [0.4, 0.5) is 4.39 Å². The first-order valence-corrected chi connectivity index (χ1v) is 9.03. The van der Waals surface area contributed by atoms with E-state index in [1.165, 1.54) is 37.1 Å². The van der Waals surface area contributed by atoms with Crippen LogP contribution in [0.15, 0.2) is 24.3 Å². The Morgan fingerprint density at radius 3 is 2.84 bits per heavy atom. The fourth-order valence-corrected chi connectivity index (χ4v) is 3.51. The number of nitrogens with one attached hydrogen (secondary N) is 1. The lowest BCUT2D eigenvalue weighted by molar-refractivity contribution is -0.122. The van der Waals surface area contributed by atoms with Gasteiger partial charge in [0.15, 0.2) is 5.78 Å². The molecule has 2 heterocycles. The van der Waals surface area contributed by atoms with Gasteiger partial charge >= 0.3 is 0 Å². The van der Waals surface area contributed by atoms with E-state index in [2.05, 4.69) is 10.2 Å². The van der Waals surface area contributed by atoms with Crippen LogP contribution in [0, 0.1) is 5.82 Å². The van der Waals surface area contributed by atoms with E-state index in [-0.39, 0.29) is 30.0 Å². The van der Waals surface area contributed by atoms with Gasteiger partial charge in [-0.1, -0.05) is 0 Å². The van der Waals surface area contributed by atoms with Crippen LogP contribution in [0.5, 0.6) is 0 Å². The van der Waals surface area contributed by atoms with E-state index >= 15 is 0 Å². The van der Waals surface area contributed by atoms with Crippen LogP contribution in [0.25, 0.3) is 0 Å². The lowest BCUT2D eigenvalue weighted by Crippen LogP contribution is -2.50. The summed E-state index contributed by atoms with van der Waals surface area (Å²) in [5.41, 5.74) is 0.484. The third-order valence-corrected chi connectivity index (χ3v) is 4.96. The Hall–Kier alpha value is -1.79. The van der Waals surface area contributed by atoms with Crippen molar-refractivity contribution in [3.63, 3.8) is 0 Å². The molecule has 1 N–H and O–H groups in total. The van der Waals surface area contributed by atoms with Crippen molar-refractivity contribution < 1.29 is 18.7 Å². The highest BCUT2D eigenvalue weighted by Crippen LogP contribution is 2.22. The number of rotatable bonds is 7. The van der Waals surface area contributed by atoms with Crippen molar-refractivity contribution in [1.29, 1.82) is 0 Å². The zero-order chi connectivity index (χ0) is 17.6. The van der Waals surface area contributed by atoms with Gasteiger partial charge in [0.05, 0.1) is 12.7 Å². The molecule has 0 aromatic heterocycles. The molecule has 0 bridgehead atoms. The maximum absolute atomic E-state index is 12.8. The van der Waals surface area contributed by atoms with Crippen molar-refractivity contribution in [2.75, 3.05) is 26.2 Å². The van der Waals surface area contributed by atoms with Crippen LogP contribution in [-0.2, 0) is 9.53 Å². The predicted octanol–water partition coefficient (Wildman–Crippen LogP) is 2.16. The number of fused-ring (bicyclic) bond motifs is 1. The van der Waals surface area contributed by atoms with Gasteiger partial charge in [-0.05, 0) is 50.1 Å². The van der Waals surface area contributed by atoms with Crippen molar-refractivity contribution in [2.24, 2.45) is 0 Å². The number of amides is 1. The molecule has 2 aliphatic heterocycles. The predicted molar refractivity (Wildman–Crippen MR) is 91.9 cm³/mol. The summed E-state index contributed by atoms with van der Waals surface area (Å²) in [7, 11) is 0. The number of halogens is 1. The van der Waals surface area contributed by atoms with Crippen molar-refractivity contribution in [3.8, 4) is 0 Å². The number of ether oxygens (including phenoxy) is 1. The average Bonchev–Trinajstić information content (AvgIpc) is 3.08. The van der Waals surface area contributed by atoms with Gasteiger partial charge in [0.25, 0.3) is 0 Å². The summed E-state index contributed by atoms with van der Waals surface area (Å²) >= 11 is 0. The van der Waals surface area contributed by atoms with E-state index in [1.807, 2.05) is 0 Å². The third-order valence-electron chi connectivity index (χ3n) is 4.96. The summed E-state index contributed by atoms with van der Waals surface area (Å²) in [5, 5.41) is 2.90. The molecule has 0 spiro atoms. The third kappa shape index (κ3) is 5.09. The zero-order valence-corrected chi connectivity index (χ0v) is 14.4. The summed E-state index contributed by atoms with van der Waals surface area (Å²) in [5.74, 6) is -0.483. The van der Waals surface area contributed by atoms with Gasteiger partial charge < -0.3 is 10.1 Å². The number of carbonyl (C=O) groups is 2. The molecule has 0 radical (unpaired) electrons. The Balaban J connectivity index is 1.31. The van der Waals surface area contributed by atoms with Gasteiger partial charge in [0.1, 0.15) is 5.82 Å². The summed E-state index contributed by atoms with van der Waals surface area (Å²) in [6.45, 7) is 3.29. The van der Waals surface area contributed by atoms with Gasteiger partial charge in [-0.15, -0.1) is 0 Å². The molecule has 2 unspecified atom stereocenters. The number of hydrogen-bond donors (Lipinski definition) is 1. The molecule has 3 rings (SSSR count). The molecule has 1 aromatic carbocycles. The van der Waals surface area contributed by atoms with Gasteiger partial charge in [-0.25, -0.2) is 4.39 Å². The minimum Gasteiger partial charge on any atom is -0.373 e. The molecule has 2 fully saturated rings. The van der Waals surface area contributed by atoms with Gasteiger partial charge in [-0.3, -0.25) is 14.5 Å². The molecular weight excluding hydrogens is 323 g/mol. The van der Waals surface area contributed by atoms with Crippen LogP contribution in [0.1, 0.15) is 42.5 Å². The summed E-state index contributed by atoms with van der Waals surface area (Å²) in [4.78, 5) is 26.3. The van der Waals surface area contributed by atoms with E-state index in [0.717, 1.165) is 19.7 Å². The van der Waals surface area contributed by atoms with Crippen LogP contribution in [0.3, 0.4) is 0 Å². The van der Waals surface area contributed by atoms with Crippen molar-refractivity contribution in [1.82, 2.24) is 10.2 Å². The SMILES string of the molecule is O=C(CCCC(=O)c1ccc(F)cc1)NCC1CN2CCCC2CO1. The fourth-order valence-electron chi connectivity index (χ4n) is 3.51. The Morgan fingerprint density at radius 1 is 1.24 bits per heavy atom. The standard InChI is InChI=1S/C19H25FN2O3/c20-15-8-6-14(7-9-15)18(23)4-1-5-19(24)21-11-17-12-22-10-2-3-16(22)13-25-17/h6-9,16-17H,1-5,10-13H2,(H,21,24). The molecule has 1 aromatic rings. The molecule has 2 saturated heterocycles. The Bertz CT molecular complexity index is 605. The Labute approximate surface area is 147 Å². The molecule has 0 saturated carbocycles. The molecule has 1 amide bonds. The first-order valence-electron chi connectivity index (χ1n) is 9.03. The highest BCUT2D eigenvalue weighted by molar-refractivity contribution is 5.96. The number of benzene rings is 1. The minimum atomic E-state index is -0.360. The second-order valence-electron chi connectivity index (χ2n) is 6.83. The van der Waals surface area contributed by atoms with Crippen LogP contribution in [0.2, 0.25) is 0 Å². The lowest BCUT2D eigenvalue weighted by atomic mass is 10.1. The molecule has 2 aliphatic rings. The quantitative estimate of drug-likeness (QED) is 0.767. The Kier molecular flexibility index (Phi) is 6.15.